The van der Waals surface area contributed by atoms with Crippen molar-refractivity contribution in [3.05, 3.63) is 60.8 Å². The Morgan fingerprint density at radius 2 is 1.33 bits per heavy atom. The summed E-state index contributed by atoms with van der Waals surface area (Å²) < 4.78 is 26.3. The van der Waals surface area contributed by atoms with Crippen LogP contribution < -0.4 is 0 Å². The van der Waals surface area contributed by atoms with E-state index >= 15 is 0 Å². The molecule has 0 amide bonds. The van der Waals surface area contributed by atoms with E-state index in [1.165, 1.54) is 38.5 Å². The second-order valence-electron chi connectivity index (χ2n) is 14.4. The SMILES string of the molecule is CCCCCCCC/C=C\C/C=C\C/C=C\CCCC(=O)OC[C@H](COP(=O)(O)O)OC(=O)CCC/C=C\C[C@H]1C(=O)C[C@@H](O)[C@@H]1/C=C/[C@@H](O)CCCCC. The van der Waals surface area contributed by atoms with E-state index in [-0.39, 0.29) is 36.9 Å². The summed E-state index contributed by atoms with van der Waals surface area (Å²) in [6, 6.07) is 0. The fraction of sp³-hybridized carbons (Fsp3) is 0.698. The van der Waals surface area contributed by atoms with E-state index in [9.17, 15) is 29.2 Å². The van der Waals surface area contributed by atoms with E-state index in [2.05, 4.69) is 42.7 Å². The molecule has 0 unspecified atom stereocenters. The molecule has 0 aromatic rings. The van der Waals surface area contributed by atoms with E-state index in [1.54, 1.807) is 12.2 Å². The number of phosphoric ester groups is 1. The van der Waals surface area contributed by atoms with Crippen LogP contribution >= 0.6 is 7.82 Å². The molecule has 0 heterocycles. The minimum Gasteiger partial charge on any atom is -0.462 e. The van der Waals surface area contributed by atoms with Crippen LogP contribution in [0.4, 0.5) is 0 Å². The van der Waals surface area contributed by atoms with Gasteiger partial charge in [-0.25, -0.2) is 4.57 Å². The number of esters is 2. The lowest BCUT2D eigenvalue weighted by Gasteiger charge is -2.18. The molecule has 0 aromatic carbocycles. The number of ketones is 1. The minimum atomic E-state index is -4.84. The molecule has 314 valence electrons. The number of hydrogen-bond acceptors (Lipinski definition) is 9. The van der Waals surface area contributed by atoms with Crippen molar-refractivity contribution in [2.75, 3.05) is 13.2 Å². The van der Waals surface area contributed by atoms with Crippen LogP contribution in [0.3, 0.4) is 0 Å². The highest BCUT2D eigenvalue weighted by Crippen LogP contribution is 2.36. The number of aliphatic hydroxyl groups is 2. The lowest BCUT2D eigenvalue weighted by Crippen LogP contribution is -2.29. The van der Waals surface area contributed by atoms with Gasteiger partial charge in [0, 0.05) is 31.1 Å². The van der Waals surface area contributed by atoms with Crippen molar-refractivity contribution in [3.63, 3.8) is 0 Å². The molecule has 1 rings (SSSR count). The number of rotatable bonds is 33. The maximum absolute atomic E-state index is 12.5. The van der Waals surface area contributed by atoms with Crippen LogP contribution in [-0.4, -0.2) is 69.2 Å². The highest BCUT2D eigenvalue weighted by Gasteiger charge is 2.39. The fourth-order valence-corrected chi connectivity index (χ4v) is 6.55. The lowest BCUT2D eigenvalue weighted by molar-refractivity contribution is -0.161. The number of aliphatic hydroxyl groups excluding tert-OH is 2. The molecule has 0 bridgehead atoms. The zero-order chi connectivity index (χ0) is 40.6. The van der Waals surface area contributed by atoms with Crippen molar-refractivity contribution in [2.24, 2.45) is 11.8 Å². The van der Waals surface area contributed by atoms with Gasteiger partial charge in [0.1, 0.15) is 12.4 Å². The fourth-order valence-electron chi connectivity index (χ4n) is 6.19. The van der Waals surface area contributed by atoms with E-state index in [1.807, 2.05) is 24.3 Å². The molecule has 0 aliphatic heterocycles. The third kappa shape index (κ3) is 28.4. The molecular weight excluding hydrogens is 723 g/mol. The van der Waals surface area contributed by atoms with Gasteiger partial charge in [0.15, 0.2) is 6.10 Å². The monoisotopic (exact) mass is 794 g/mol. The summed E-state index contributed by atoms with van der Waals surface area (Å²) in [5, 5.41) is 20.6. The maximum atomic E-state index is 12.5. The van der Waals surface area contributed by atoms with Crippen molar-refractivity contribution in [1.82, 2.24) is 0 Å². The standard InChI is InChI=1S/C43H71O11P/c1-3-5-7-8-9-10-11-12-13-14-15-16-17-18-19-20-25-29-42(47)52-34-37(35-53-55(49,50)51)54-43(48)30-26-22-21-24-28-38-39(41(46)33-40(38)45)32-31-36(44)27-23-6-4-2/h12-13,15-16,18-19,21,24,31-32,36-39,41,44,46H,3-11,14,17,20,22-23,25-30,33-35H2,1-2H3,(H2,49,50,51)/b13-12-,16-15-,19-18-,24-21-,32-31+/t36-,37+,38+,39+,41+/m0/s1. The predicted octanol–water partition coefficient (Wildman–Crippen LogP) is 9.10. The number of carbonyl (C=O) groups is 3. The van der Waals surface area contributed by atoms with E-state index in [0.717, 1.165) is 38.5 Å². The Kier molecular flexibility index (Phi) is 29.7. The summed E-state index contributed by atoms with van der Waals surface area (Å²) in [7, 11) is -4.84. The molecule has 4 N–H and O–H groups in total. The van der Waals surface area contributed by atoms with Gasteiger partial charge in [0.05, 0.1) is 18.8 Å². The summed E-state index contributed by atoms with van der Waals surface area (Å²) in [5.41, 5.74) is 0. The Bertz CT molecular complexity index is 1230. The van der Waals surface area contributed by atoms with Crippen LogP contribution in [0.2, 0.25) is 0 Å². The van der Waals surface area contributed by atoms with Gasteiger partial charge in [-0.2, -0.15) is 0 Å². The third-order valence-electron chi connectivity index (χ3n) is 9.38. The van der Waals surface area contributed by atoms with Gasteiger partial charge in [0.2, 0.25) is 0 Å². The Balaban J connectivity index is 2.35. The average molecular weight is 795 g/mol. The zero-order valence-electron chi connectivity index (χ0n) is 33.5. The van der Waals surface area contributed by atoms with Crippen LogP contribution in [0, 0.1) is 11.8 Å². The summed E-state index contributed by atoms with van der Waals surface area (Å²) in [4.78, 5) is 55.5. The molecule has 1 fully saturated rings. The van der Waals surface area contributed by atoms with Crippen LogP contribution in [0.25, 0.3) is 0 Å². The van der Waals surface area contributed by atoms with Gasteiger partial charge in [-0.05, 0) is 64.2 Å². The Hall–Kier alpha value is -2.66. The molecular formula is C43H71O11P. The van der Waals surface area contributed by atoms with E-state index < -0.39 is 51.3 Å². The van der Waals surface area contributed by atoms with Crippen molar-refractivity contribution >= 4 is 25.5 Å². The molecule has 0 aromatic heterocycles. The number of ether oxygens (including phenoxy) is 2. The summed E-state index contributed by atoms with van der Waals surface area (Å²) >= 11 is 0. The molecule has 11 nitrogen and oxygen atoms in total. The number of phosphoric acid groups is 1. The van der Waals surface area contributed by atoms with Crippen LogP contribution in [0.5, 0.6) is 0 Å². The van der Waals surface area contributed by atoms with Crippen molar-refractivity contribution in [3.8, 4) is 0 Å². The van der Waals surface area contributed by atoms with E-state index in [4.69, 9.17) is 19.3 Å². The second kappa shape index (κ2) is 32.4. The smallest absolute Gasteiger partial charge is 0.462 e. The highest BCUT2D eigenvalue weighted by atomic mass is 31.2. The van der Waals surface area contributed by atoms with Crippen LogP contribution in [0.1, 0.15) is 149 Å². The first-order valence-corrected chi connectivity index (χ1v) is 22.2. The quantitative estimate of drug-likeness (QED) is 0.0216. The Morgan fingerprint density at radius 1 is 0.764 bits per heavy atom. The van der Waals surface area contributed by atoms with E-state index in [0.29, 0.717) is 38.5 Å². The third-order valence-corrected chi connectivity index (χ3v) is 9.86. The van der Waals surface area contributed by atoms with Crippen molar-refractivity contribution in [2.45, 2.75) is 167 Å². The Labute approximate surface area is 330 Å². The van der Waals surface area contributed by atoms with Gasteiger partial charge >= 0.3 is 19.8 Å². The average Bonchev–Trinajstić information content (AvgIpc) is 3.41. The topological polar surface area (TPSA) is 177 Å². The molecule has 1 aliphatic carbocycles. The number of allylic oxidation sites excluding steroid dienone is 8. The predicted molar refractivity (Wildman–Crippen MR) is 217 cm³/mol. The van der Waals surface area contributed by atoms with Gasteiger partial charge in [-0.15, -0.1) is 0 Å². The molecule has 5 atom stereocenters. The van der Waals surface area contributed by atoms with Crippen molar-refractivity contribution in [1.29, 1.82) is 0 Å². The first-order chi connectivity index (χ1) is 26.5. The normalized spacial score (nSPS) is 19.2. The molecule has 0 saturated heterocycles. The molecule has 55 heavy (non-hydrogen) atoms. The molecule has 1 saturated carbocycles. The number of hydrogen-bond donors (Lipinski definition) is 4. The highest BCUT2D eigenvalue weighted by molar-refractivity contribution is 7.46. The molecule has 12 heteroatoms. The first kappa shape index (κ1) is 50.4. The summed E-state index contributed by atoms with van der Waals surface area (Å²) in [6.07, 6.45) is 34.6. The lowest BCUT2D eigenvalue weighted by atomic mass is 9.90. The zero-order valence-corrected chi connectivity index (χ0v) is 34.4. The summed E-state index contributed by atoms with van der Waals surface area (Å²) in [6.45, 7) is 3.29. The van der Waals surface area contributed by atoms with Gasteiger partial charge in [-0.3, -0.25) is 18.9 Å². The van der Waals surface area contributed by atoms with Gasteiger partial charge < -0.3 is 29.5 Å². The Morgan fingerprint density at radius 3 is 1.98 bits per heavy atom. The van der Waals surface area contributed by atoms with Crippen LogP contribution in [0.15, 0.2) is 60.8 Å². The van der Waals surface area contributed by atoms with Crippen molar-refractivity contribution < 1.29 is 52.9 Å². The number of unbranched alkanes of at least 4 members (excludes halogenated alkanes) is 10. The van der Waals surface area contributed by atoms with Gasteiger partial charge in [-0.1, -0.05) is 126 Å². The number of carbonyl (C=O) groups excluding carboxylic acids is 3. The number of Topliss-reactive ketones (excluding diaryl/α,β-unsaturated/α-hetero) is 1. The largest absolute Gasteiger partial charge is 0.469 e. The van der Waals surface area contributed by atoms with Crippen LogP contribution in [-0.2, 0) is 32.9 Å². The van der Waals surface area contributed by atoms with Gasteiger partial charge in [0.25, 0.3) is 0 Å². The summed E-state index contributed by atoms with van der Waals surface area (Å²) in [5.74, 6) is -1.91. The first-order valence-electron chi connectivity index (χ1n) is 20.7. The minimum absolute atomic E-state index is 0.00450. The molecule has 1 aliphatic rings. The maximum Gasteiger partial charge on any atom is 0.469 e. The molecule has 0 spiro atoms. The second-order valence-corrected chi connectivity index (χ2v) is 15.6. The molecule has 0 radical (unpaired) electrons.